The molecule has 2 rings (SSSR count). The van der Waals surface area contributed by atoms with Crippen molar-refractivity contribution in [2.75, 3.05) is 7.11 Å². The van der Waals surface area contributed by atoms with Gasteiger partial charge >= 0.3 is 0 Å². The summed E-state index contributed by atoms with van der Waals surface area (Å²) in [4.78, 5) is 0. The smallest absolute Gasteiger partial charge is 0.119 e. The number of methoxy groups -OCH3 is 1. The van der Waals surface area contributed by atoms with Crippen molar-refractivity contribution >= 4 is 11.6 Å². The summed E-state index contributed by atoms with van der Waals surface area (Å²) in [6, 6.07) is 16.6. The van der Waals surface area contributed by atoms with Crippen LogP contribution in [0.5, 0.6) is 5.75 Å². The van der Waals surface area contributed by atoms with Crippen LogP contribution >= 0.6 is 11.6 Å². The third kappa shape index (κ3) is 3.74. The van der Waals surface area contributed by atoms with E-state index in [2.05, 4.69) is 37.3 Å². The van der Waals surface area contributed by atoms with Gasteiger partial charge in [0.25, 0.3) is 0 Å². The minimum atomic E-state index is -0.00184. The average Bonchev–Trinajstić information content (AvgIpc) is 2.47. The van der Waals surface area contributed by atoms with Crippen LogP contribution in [0.2, 0.25) is 0 Å². The first-order valence-corrected chi connectivity index (χ1v) is 7.02. The predicted octanol–water partition coefficient (Wildman–Crippen LogP) is 4.78. The van der Waals surface area contributed by atoms with Crippen molar-refractivity contribution in [3.8, 4) is 5.75 Å². The monoisotopic (exact) mass is 274 g/mol. The summed E-state index contributed by atoms with van der Waals surface area (Å²) >= 11 is 6.49. The number of aryl methyl sites for hydroxylation is 1. The molecule has 2 aromatic carbocycles. The number of rotatable bonds is 5. The molecule has 0 fully saturated rings. The number of benzene rings is 2. The Labute approximate surface area is 120 Å². The van der Waals surface area contributed by atoms with Crippen molar-refractivity contribution < 1.29 is 4.74 Å². The first-order valence-electron chi connectivity index (χ1n) is 6.58. The van der Waals surface area contributed by atoms with Crippen LogP contribution in [-0.4, -0.2) is 7.11 Å². The van der Waals surface area contributed by atoms with E-state index in [-0.39, 0.29) is 5.38 Å². The molecular weight excluding hydrogens is 256 g/mol. The van der Waals surface area contributed by atoms with Gasteiger partial charge in [0, 0.05) is 0 Å². The Morgan fingerprint density at radius 1 is 1.05 bits per heavy atom. The van der Waals surface area contributed by atoms with Gasteiger partial charge in [-0.05, 0) is 41.7 Å². The highest BCUT2D eigenvalue weighted by Crippen LogP contribution is 2.26. The van der Waals surface area contributed by atoms with Gasteiger partial charge in [-0.25, -0.2) is 0 Å². The van der Waals surface area contributed by atoms with Crippen LogP contribution in [0.3, 0.4) is 0 Å². The molecule has 2 heteroatoms. The zero-order chi connectivity index (χ0) is 13.7. The van der Waals surface area contributed by atoms with Crippen LogP contribution < -0.4 is 4.74 Å². The summed E-state index contributed by atoms with van der Waals surface area (Å²) in [7, 11) is 1.68. The first-order chi connectivity index (χ1) is 9.22. The van der Waals surface area contributed by atoms with Crippen molar-refractivity contribution in [3.05, 3.63) is 65.2 Å². The van der Waals surface area contributed by atoms with Gasteiger partial charge in [0.2, 0.25) is 0 Å². The van der Waals surface area contributed by atoms with Gasteiger partial charge in [-0.1, -0.05) is 43.3 Å². The van der Waals surface area contributed by atoms with Gasteiger partial charge in [-0.2, -0.15) is 0 Å². The molecule has 0 aliphatic heterocycles. The molecule has 0 amide bonds. The molecule has 0 aliphatic carbocycles. The molecule has 0 saturated carbocycles. The summed E-state index contributed by atoms with van der Waals surface area (Å²) in [5, 5.41) is -0.00184. The molecule has 2 aromatic rings. The SMILES string of the molecule is CCc1ccc(C(Cl)Cc2cccc(OC)c2)cc1. The topological polar surface area (TPSA) is 9.23 Å². The fraction of sp³-hybridized carbons (Fsp3) is 0.294. The van der Waals surface area contributed by atoms with Crippen LogP contribution in [0.15, 0.2) is 48.5 Å². The van der Waals surface area contributed by atoms with Gasteiger partial charge in [-0.3, -0.25) is 0 Å². The summed E-state index contributed by atoms with van der Waals surface area (Å²) in [6.07, 6.45) is 1.87. The van der Waals surface area contributed by atoms with Gasteiger partial charge in [0.05, 0.1) is 12.5 Å². The summed E-state index contributed by atoms with van der Waals surface area (Å²) < 4.78 is 5.23. The molecule has 0 saturated heterocycles. The Morgan fingerprint density at radius 2 is 1.79 bits per heavy atom. The Bertz CT molecular complexity index is 519. The molecule has 0 radical (unpaired) electrons. The van der Waals surface area contributed by atoms with Gasteiger partial charge in [-0.15, -0.1) is 11.6 Å². The molecular formula is C17H19ClO. The minimum Gasteiger partial charge on any atom is -0.497 e. The second-order valence-electron chi connectivity index (χ2n) is 4.62. The Hall–Kier alpha value is -1.47. The molecule has 0 bridgehead atoms. The molecule has 0 aromatic heterocycles. The van der Waals surface area contributed by atoms with E-state index in [4.69, 9.17) is 16.3 Å². The Balaban J connectivity index is 2.08. The molecule has 0 spiro atoms. The lowest BCUT2D eigenvalue weighted by atomic mass is 10.0. The van der Waals surface area contributed by atoms with Crippen molar-refractivity contribution in [1.82, 2.24) is 0 Å². The molecule has 1 unspecified atom stereocenters. The summed E-state index contributed by atoms with van der Waals surface area (Å²) in [6.45, 7) is 2.16. The van der Waals surface area contributed by atoms with Crippen LogP contribution in [0.4, 0.5) is 0 Å². The normalized spacial score (nSPS) is 12.2. The van der Waals surface area contributed by atoms with E-state index >= 15 is 0 Å². The predicted molar refractivity (Wildman–Crippen MR) is 81.1 cm³/mol. The number of hydrogen-bond acceptors (Lipinski definition) is 1. The first kappa shape index (κ1) is 14.0. The third-order valence-corrected chi connectivity index (χ3v) is 3.71. The second-order valence-corrected chi connectivity index (χ2v) is 5.15. The fourth-order valence-corrected chi connectivity index (χ4v) is 2.41. The van der Waals surface area contributed by atoms with Gasteiger partial charge < -0.3 is 4.74 Å². The van der Waals surface area contributed by atoms with Crippen molar-refractivity contribution in [3.63, 3.8) is 0 Å². The molecule has 1 nitrogen and oxygen atoms in total. The lowest BCUT2D eigenvalue weighted by molar-refractivity contribution is 0.414. The maximum atomic E-state index is 6.49. The minimum absolute atomic E-state index is 0.00184. The van der Waals surface area contributed by atoms with E-state index in [1.54, 1.807) is 7.11 Å². The van der Waals surface area contributed by atoms with E-state index in [0.717, 1.165) is 18.6 Å². The Kier molecular flexibility index (Phi) is 4.86. The molecule has 0 N–H and O–H groups in total. The van der Waals surface area contributed by atoms with E-state index in [1.807, 2.05) is 18.2 Å². The summed E-state index contributed by atoms with van der Waals surface area (Å²) in [5.41, 5.74) is 3.70. The summed E-state index contributed by atoms with van der Waals surface area (Å²) in [5.74, 6) is 0.877. The lowest BCUT2D eigenvalue weighted by Crippen LogP contribution is -1.97. The highest BCUT2D eigenvalue weighted by molar-refractivity contribution is 6.20. The van der Waals surface area contributed by atoms with E-state index in [1.165, 1.54) is 16.7 Å². The highest BCUT2D eigenvalue weighted by atomic mass is 35.5. The number of hydrogen-bond donors (Lipinski definition) is 0. The molecule has 1 atom stereocenters. The van der Waals surface area contributed by atoms with E-state index in [0.29, 0.717) is 0 Å². The van der Waals surface area contributed by atoms with Gasteiger partial charge in [0.1, 0.15) is 5.75 Å². The zero-order valence-corrected chi connectivity index (χ0v) is 12.2. The molecule has 100 valence electrons. The number of ether oxygens (including phenoxy) is 1. The van der Waals surface area contributed by atoms with Crippen molar-refractivity contribution in [2.45, 2.75) is 25.1 Å². The second kappa shape index (κ2) is 6.63. The zero-order valence-electron chi connectivity index (χ0n) is 11.4. The van der Waals surface area contributed by atoms with Crippen LogP contribution in [-0.2, 0) is 12.8 Å². The van der Waals surface area contributed by atoms with Crippen molar-refractivity contribution in [2.24, 2.45) is 0 Å². The quantitative estimate of drug-likeness (QED) is 0.713. The Morgan fingerprint density at radius 3 is 2.42 bits per heavy atom. The molecule has 0 aliphatic rings. The fourth-order valence-electron chi connectivity index (χ4n) is 2.09. The highest BCUT2D eigenvalue weighted by Gasteiger charge is 2.09. The standard InChI is InChI=1S/C17H19ClO/c1-3-13-7-9-15(10-8-13)17(18)12-14-5-4-6-16(11-14)19-2/h4-11,17H,3,12H2,1-2H3. The maximum absolute atomic E-state index is 6.49. The van der Waals surface area contributed by atoms with Crippen LogP contribution in [0, 0.1) is 0 Å². The lowest BCUT2D eigenvalue weighted by Gasteiger charge is -2.11. The number of halogens is 1. The van der Waals surface area contributed by atoms with Crippen LogP contribution in [0.25, 0.3) is 0 Å². The maximum Gasteiger partial charge on any atom is 0.119 e. The van der Waals surface area contributed by atoms with Crippen molar-refractivity contribution in [1.29, 1.82) is 0 Å². The largest absolute Gasteiger partial charge is 0.497 e. The third-order valence-electron chi connectivity index (χ3n) is 3.30. The van der Waals surface area contributed by atoms with E-state index < -0.39 is 0 Å². The van der Waals surface area contributed by atoms with E-state index in [9.17, 15) is 0 Å². The molecule has 0 heterocycles. The van der Waals surface area contributed by atoms with Gasteiger partial charge in [0.15, 0.2) is 0 Å². The average molecular weight is 275 g/mol. The number of alkyl halides is 1. The molecule has 19 heavy (non-hydrogen) atoms. The van der Waals surface area contributed by atoms with Crippen LogP contribution in [0.1, 0.15) is 29.0 Å².